The minimum atomic E-state index is 0.494. The Morgan fingerprint density at radius 3 is 2.89 bits per heavy atom. The number of nitrogens with two attached hydrogens (primary N) is 1. The van der Waals surface area contributed by atoms with Crippen LogP contribution in [0.15, 0.2) is 24.4 Å². The van der Waals surface area contributed by atoms with Gasteiger partial charge in [0.1, 0.15) is 5.82 Å². The molecule has 0 unspecified atom stereocenters. The van der Waals surface area contributed by atoms with Crippen LogP contribution in [0.2, 0.25) is 0 Å². The van der Waals surface area contributed by atoms with Gasteiger partial charge in [0, 0.05) is 19.3 Å². The van der Waals surface area contributed by atoms with E-state index in [4.69, 9.17) is 5.73 Å². The van der Waals surface area contributed by atoms with Crippen LogP contribution in [0.3, 0.4) is 0 Å². The molecular weight excluding hydrogens is 226 g/mol. The van der Waals surface area contributed by atoms with Gasteiger partial charge >= 0.3 is 0 Å². The van der Waals surface area contributed by atoms with E-state index < -0.39 is 0 Å². The minimum absolute atomic E-state index is 0.494. The summed E-state index contributed by atoms with van der Waals surface area (Å²) in [7, 11) is 1.92. The van der Waals surface area contributed by atoms with E-state index >= 15 is 0 Å². The Morgan fingerprint density at radius 1 is 1.39 bits per heavy atom. The van der Waals surface area contributed by atoms with E-state index in [0.29, 0.717) is 6.54 Å². The number of nitrogens with zero attached hydrogens (tertiary/aromatic N) is 3. The zero-order chi connectivity index (χ0) is 12.7. The van der Waals surface area contributed by atoms with Gasteiger partial charge in [0.15, 0.2) is 0 Å². The van der Waals surface area contributed by atoms with Gasteiger partial charge in [0.25, 0.3) is 0 Å². The molecule has 5 heteroatoms. The largest absolute Gasteiger partial charge is 0.338 e. The lowest BCUT2D eigenvalue weighted by atomic mass is 10.2. The van der Waals surface area contributed by atoms with Crippen molar-refractivity contribution in [3.05, 3.63) is 35.7 Å². The summed E-state index contributed by atoms with van der Waals surface area (Å²) in [6.45, 7) is 2.52. The van der Waals surface area contributed by atoms with Gasteiger partial charge in [-0.2, -0.15) is 5.10 Å². The molecular formula is C13H15N5. The lowest BCUT2D eigenvalue weighted by Gasteiger charge is -1.96. The molecule has 2 heterocycles. The number of nitrogens with one attached hydrogen (secondary N) is 1. The molecule has 0 aliphatic heterocycles. The highest BCUT2D eigenvalue weighted by atomic mass is 15.3. The predicted molar refractivity (Wildman–Crippen MR) is 70.9 cm³/mol. The molecule has 0 radical (unpaired) electrons. The molecule has 5 nitrogen and oxygen atoms in total. The molecule has 0 bridgehead atoms. The molecule has 18 heavy (non-hydrogen) atoms. The standard InChI is InChI=1S/C13H15N5/c1-8-10(7-15-18(8)2)13-16-11-5-3-4-9(6-14)12(11)17-13/h3-5,7H,6,14H2,1-2H3,(H,16,17). The lowest BCUT2D eigenvalue weighted by Crippen LogP contribution is -1.96. The molecule has 92 valence electrons. The number of fused-ring (bicyclic) bond motifs is 1. The number of aromatic nitrogens is 4. The lowest BCUT2D eigenvalue weighted by molar-refractivity contribution is 0.740. The summed E-state index contributed by atoms with van der Waals surface area (Å²) in [5, 5.41) is 4.24. The number of hydrogen-bond acceptors (Lipinski definition) is 3. The molecule has 0 saturated heterocycles. The fourth-order valence-corrected chi connectivity index (χ4v) is 2.11. The number of imidazole rings is 1. The van der Waals surface area contributed by atoms with Crippen molar-refractivity contribution >= 4 is 11.0 Å². The first-order valence-electron chi connectivity index (χ1n) is 5.87. The Morgan fingerprint density at radius 2 is 2.22 bits per heavy atom. The van der Waals surface area contributed by atoms with Crippen LogP contribution < -0.4 is 5.73 Å². The summed E-state index contributed by atoms with van der Waals surface area (Å²) in [6, 6.07) is 6.00. The molecule has 3 rings (SSSR count). The van der Waals surface area contributed by atoms with Crippen molar-refractivity contribution < 1.29 is 0 Å². The van der Waals surface area contributed by atoms with E-state index in [2.05, 4.69) is 15.1 Å². The van der Waals surface area contributed by atoms with Crippen LogP contribution in [0.25, 0.3) is 22.4 Å². The molecule has 1 aromatic carbocycles. The molecule has 2 aromatic heterocycles. The van der Waals surface area contributed by atoms with E-state index in [1.165, 1.54) is 0 Å². The van der Waals surface area contributed by atoms with Gasteiger partial charge in [-0.25, -0.2) is 4.98 Å². The van der Waals surface area contributed by atoms with Crippen molar-refractivity contribution in [1.82, 2.24) is 19.7 Å². The second-order valence-electron chi connectivity index (χ2n) is 4.37. The van der Waals surface area contributed by atoms with Crippen LogP contribution in [0.1, 0.15) is 11.3 Å². The number of para-hydroxylation sites is 1. The minimum Gasteiger partial charge on any atom is -0.338 e. The molecule has 0 fully saturated rings. The van der Waals surface area contributed by atoms with E-state index in [0.717, 1.165) is 33.7 Å². The summed E-state index contributed by atoms with van der Waals surface area (Å²) >= 11 is 0. The second-order valence-corrected chi connectivity index (χ2v) is 4.37. The predicted octanol–water partition coefficient (Wildman–Crippen LogP) is 1.73. The average Bonchev–Trinajstić information content (AvgIpc) is 2.94. The van der Waals surface area contributed by atoms with Crippen molar-refractivity contribution in [3.63, 3.8) is 0 Å². The maximum atomic E-state index is 5.73. The quantitative estimate of drug-likeness (QED) is 0.717. The molecule has 0 aliphatic rings. The summed E-state index contributed by atoms with van der Waals surface area (Å²) in [5.41, 5.74) is 10.8. The molecule has 0 aliphatic carbocycles. The number of hydrogen-bond donors (Lipinski definition) is 2. The Kier molecular flexibility index (Phi) is 2.41. The Hall–Kier alpha value is -2.14. The first-order valence-corrected chi connectivity index (χ1v) is 5.87. The van der Waals surface area contributed by atoms with E-state index in [-0.39, 0.29) is 0 Å². The summed E-state index contributed by atoms with van der Waals surface area (Å²) in [5.74, 6) is 0.844. The third-order valence-corrected chi connectivity index (χ3v) is 3.31. The van der Waals surface area contributed by atoms with E-state index in [1.54, 1.807) is 0 Å². The van der Waals surface area contributed by atoms with Gasteiger partial charge in [-0.15, -0.1) is 0 Å². The zero-order valence-electron chi connectivity index (χ0n) is 10.4. The number of aromatic amines is 1. The number of H-pyrrole nitrogens is 1. The zero-order valence-corrected chi connectivity index (χ0v) is 10.4. The van der Waals surface area contributed by atoms with Crippen molar-refractivity contribution in [3.8, 4) is 11.4 Å². The van der Waals surface area contributed by atoms with Crippen molar-refractivity contribution in [2.45, 2.75) is 13.5 Å². The van der Waals surface area contributed by atoms with Crippen LogP contribution in [0.4, 0.5) is 0 Å². The molecule has 3 aromatic rings. The van der Waals surface area contributed by atoms with Crippen molar-refractivity contribution in [1.29, 1.82) is 0 Å². The Labute approximate surface area is 105 Å². The highest BCUT2D eigenvalue weighted by molar-refractivity contribution is 5.82. The first-order chi connectivity index (χ1) is 8.70. The third-order valence-electron chi connectivity index (χ3n) is 3.31. The fourth-order valence-electron chi connectivity index (χ4n) is 2.11. The van der Waals surface area contributed by atoms with Gasteiger partial charge in [-0.05, 0) is 18.6 Å². The molecule has 0 amide bonds. The highest BCUT2D eigenvalue weighted by Gasteiger charge is 2.12. The molecule has 0 spiro atoms. The summed E-state index contributed by atoms with van der Waals surface area (Å²) < 4.78 is 1.84. The van der Waals surface area contributed by atoms with Crippen molar-refractivity contribution in [2.24, 2.45) is 12.8 Å². The van der Waals surface area contributed by atoms with Gasteiger partial charge < -0.3 is 10.7 Å². The van der Waals surface area contributed by atoms with Crippen LogP contribution in [-0.2, 0) is 13.6 Å². The Balaban J connectivity index is 2.22. The number of benzene rings is 1. The summed E-state index contributed by atoms with van der Waals surface area (Å²) in [6.07, 6.45) is 1.83. The molecule has 3 N–H and O–H groups in total. The first kappa shape index (κ1) is 11.0. The van der Waals surface area contributed by atoms with E-state index in [1.807, 2.05) is 43.0 Å². The van der Waals surface area contributed by atoms with Crippen LogP contribution in [0, 0.1) is 6.92 Å². The second kappa shape index (κ2) is 3.96. The fraction of sp³-hybridized carbons (Fsp3) is 0.231. The van der Waals surface area contributed by atoms with Gasteiger partial charge in [0.2, 0.25) is 0 Å². The number of rotatable bonds is 2. The van der Waals surface area contributed by atoms with Crippen LogP contribution in [0.5, 0.6) is 0 Å². The van der Waals surface area contributed by atoms with Crippen molar-refractivity contribution in [2.75, 3.05) is 0 Å². The smallest absolute Gasteiger partial charge is 0.141 e. The molecule has 0 atom stereocenters. The maximum absolute atomic E-state index is 5.73. The van der Waals surface area contributed by atoms with Gasteiger partial charge in [-0.1, -0.05) is 12.1 Å². The average molecular weight is 241 g/mol. The summed E-state index contributed by atoms with van der Waals surface area (Å²) in [4.78, 5) is 7.96. The highest BCUT2D eigenvalue weighted by Crippen LogP contribution is 2.24. The number of aryl methyl sites for hydroxylation is 1. The topological polar surface area (TPSA) is 72.5 Å². The van der Waals surface area contributed by atoms with Gasteiger partial charge in [-0.3, -0.25) is 4.68 Å². The normalized spacial score (nSPS) is 11.3. The van der Waals surface area contributed by atoms with Crippen LogP contribution >= 0.6 is 0 Å². The van der Waals surface area contributed by atoms with Crippen LogP contribution in [-0.4, -0.2) is 19.7 Å². The monoisotopic (exact) mass is 241 g/mol. The van der Waals surface area contributed by atoms with Gasteiger partial charge in [0.05, 0.1) is 22.8 Å². The SMILES string of the molecule is Cc1c(-c2nc3c(CN)cccc3[nH]2)cnn1C. The van der Waals surface area contributed by atoms with E-state index in [9.17, 15) is 0 Å². The molecule has 0 saturated carbocycles. The Bertz CT molecular complexity index is 707. The maximum Gasteiger partial charge on any atom is 0.141 e. The third kappa shape index (κ3) is 1.52.